The van der Waals surface area contributed by atoms with E-state index in [0.717, 1.165) is 0 Å². The first-order chi connectivity index (χ1) is 9.38. The van der Waals surface area contributed by atoms with Gasteiger partial charge in [0, 0.05) is 18.1 Å². The predicted octanol–water partition coefficient (Wildman–Crippen LogP) is 3.85. The van der Waals surface area contributed by atoms with Crippen LogP contribution in [-0.4, -0.2) is 30.6 Å². The van der Waals surface area contributed by atoms with Gasteiger partial charge in [-0.15, -0.1) is 0 Å². The number of rotatable bonds is 3. The molecule has 3 atom stereocenters. The average molecular weight is 274 g/mol. The Morgan fingerprint density at radius 1 is 1.20 bits per heavy atom. The Morgan fingerprint density at radius 3 is 2.40 bits per heavy atom. The number of hydrogen-bond acceptors (Lipinski definition) is 2. The normalized spacial score (nSPS) is 26.4. The van der Waals surface area contributed by atoms with Gasteiger partial charge >= 0.3 is 0 Å². The van der Waals surface area contributed by atoms with Crippen LogP contribution in [0.3, 0.4) is 0 Å². The van der Waals surface area contributed by atoms with Gasteiger partial charge in [-0.05, 0) is 44.3 Å². The molecule has 1 saturated heterocycles. The smallest absolute Gasteiger partial charge is 0.0371 e. The van der Waals surface area contributed by atoms with Gasteiger partial charge in [0.2, 0.25) is 0 Å². The van der Waals surface area contributed by atoms with Crippen LogP contribution in [0, 0.1) is 5.41 Å². The quantitative estimate of drug-likeness (QED) is 0.900. The van der Waals surface area contributed by atoms with Crippen LogP contribution >= 0.6 is 0 Å². The van der Waals surface area contributed by atoms with Crippen LogP contribution in [-0.2, 0) is 0 Å². The van der Waals surface area contributed by atoms with E-state index in [0.29, 0.717) is 18.1 Å². The number of hydrogen-bond donors (Lipinski definition) is 1. The summed E-state index contributed by atoms with van der Waals surface area (Å²) in [5, 5.41) is 3.94. The third-order valence-corrected chi connectivity index (χ3v) is 4.61. The number of nitrogens with zero attached hydrogens (tertiary/aromatic N) is 1. The molecule has 0 radical (unpaired) electrons. The molecule has 112 valence electrons. The van der Waals surface area contributed by atoms with Crippen molar-refractivity contribution in [3.05, 3.63) is 35.9 Å². The molecule has 0 bridgehead atoms. The fourth-order valence-corrected chi connectivity index (χ4v) is 3.17. The van der Waals surface area contributed by atoms with E-state index >= 15 is 0 Å². The highest BCUT2D eigenvalue weighted by atomic mass is 15.1. The number of benzene rings is 1. The number of piperidine rings is 1. The minimum absolute atomic E-state index is 0.230. The summed E-state index contributed by atoms with van der Waals surface area (Å²) in [5.41, 5.74) is 1.64. The van der Waals surface area contributed by atoms with Gasteiger partial charge in [0.05, 0.1) is 0 Å². The van der Waals surface area contributed by atoms with E-state index < -0.39 is 0 Å². The molecule has 2 rings (SSSR count). The Hall–Kier alpha value is -0.860. The highest BCUT2D eigenvalue weighted by molar-refractivity contribution is 5.21. The summed E-state index contributed by atoms with van der Waals surface area (Å²) in [6.07, 6.45) is 2.50. The van der Waals surface area contributed by atoms with E-state index in [4.69, 9.17) is 0 Å². The van der Waals surface area contributed by atoms with Gasteiger partial charge in [0.1, 0.15) is 0 Å². The lowest BCUT2D eigenvalue weighted by molar-refractivity contribution is 0.143. The maximum Gasteiger partial charge on any atom is 0.0371 e. The topological polar surface area (TPSA) is 15.3 Å². The van der Waals surface area contributed by atoms with Crippen LogP contribution in [0.4, 0.5) is 0 Å². The van der Waals surface area contributed by atoms with E-state index in [1.165, 1.54) is 24.9 Å². The van der Waals surface area contributed by atoms with Crippen molar-refractivity contribution in [2.45, 2.75) is 58.7 Å². The molecular formula is C18H30N2. The van der Waals surface area contributed by atoms with Gasteiger partial charge in [0.15, 0.2) is 0 Å². The van der Waals surface area contributed by atoms with Crippen LogP contribution in [0.25, 0.3) is 0 Å². The molecule has 3 unspecified atom stereocenters. The molecule has 0 saturated carbocycles. The van der Waals surface area contributed by atoms with Crippen molar-refractivity contribution in [3.63, 3.8) is 0 Å². The fourth-order valence-electron chi connectivity index (χ4n) is 3.17. The molecule has 1 aromatic carbocycles. The summed E-state index contributed by atoms with van der Waals surface area (Å²) in [6.45, 7) is 10.5. The molecule has 1 fully saturated rings. The molecule has 1 aliphatic rings. The first-order valence-electron chi connectivity index (χ1n) is 7.89. The Balaban J connectivity index is 2.10. The second-order valence-corrected chi connectivity index (χ2v) is 7.43. The van der Waals surface area contributed by atoms with Crippen molar-refractivity contribution in [2.75, 3.05) is 13.6 Å². The maximum atomic E-state index is 3.94. The van der Waals surface area contributed by atoms with Crippen molar-refractivity contribution in [3.8, 4) is 0 Å². The van der Waals surface area contributed by atoms with E-state index in [-0.39, 0.29) is 5.41 Å². The molecule has 1 heterocycles. The molecule has 2 heteroatoms. The summed E-state index contributed by atoms with van der Waals surface area (Å²) >= 11 is 0. The fraction of sp³-hybridized carbons (Fsp3) is 0.667. The second-order valence-electron chi connectivity index (χ2n) is 7.43. The van der Waals surface area contributed by atoms with E-state index in [2.05, 4.69) is 75.3 Å². The lowest BCUT2D eigenvalue weighted by Gasteiger charge is -2.40. The molecule has 1 aromatic rings. The molecule has 1 aliphatic heterocycles. The van der Waals surface area contributed by atoms with Crippen molar-refractivity contribution in [2.24, 2.45) is 5.41 Å². The van der Waals surface area contributed by atoms with Gasteiger partial charge < -0.3 is 10.2 Å². The zero-order valence-corrected chi connectivity index (χ0v) is 13.7. The molecule has 20 heavy (non-hydrogen) atoms. The second kappa shape index (κ2) is 6.28. The largest absolute Gasteiger partial charge is 0.307 e. The minimum atomic E-state index is 0.230. The lowest BCUT2D eigenvalue weighted by Crippen LogP contribution is -2.48. The average Bonchev–Trinajstić information content (AvgIpc) is 2.39. The Bertz CT molecular complexity index is 407. The Kier molecular flexibility index (Phi) is 4.87. The zero-order valence-electron chi connectivity index (χ0n) is 13.7. The van der Waals surface area contributed by atoms with Gasteiger partial charge in [-0.3, -0.25) is 0 Å². The zero-order chi connectivity index (χ0) is 14.8. The first-order valence-corrected chi connectivity index (χ1v) is 7.89. The number of likely N-dealkylation sites (tertiary alicyclic amines) is 1. The molecular weight excluding hydrogens is 244 g/mol. The highest BCUT2D eigenvalue weighted by Gasteiger charge is 2.30. The van der Waals surface area contributed by atoms with E-state index in [9.17, 15) is 0 Å². The van der Waals surface area contributed by atoms with Gasteiger partial charge in [-0.1, -0.05) is 51.1 Å². The predicted molar refractivity (Wildman–Crippen MR) is 86.9 cm³/mol. The maximum absolute atomic E-state index is 3.94. The van der Waals surface area contributed by atoms with Crippen LogP contribution < -0.4 is 5.32 Å². The molecule has 0 spiro atoms. The van der Waals surface area contributed by atoms with Crippen LogP contribution in [0.2, 0.25) is 0 Å². The van der Waals surface area contributed by atoms with Gasteiger partial charge in [0.25, 0.3) is 0 Å². The van der Waals surface area contributed by atoms with E-state index in [1.807, 2.05) is 0 Å². The Labute approximate surface area is 124 Å². The molecule has 0 aliphatic carbocycles. The monoisotopic (exact) mass is 274 g/mol. The lowest BCUT2D eigenvalue weighted by atomic mass is 9.81. The van der Waals surface area contributed by atoms with Crippen molar-refractivity contribution in [1.29, 1.82) is 0 Å². The van der Waals surface area contributed by atoms with Gasteiger partial charge in [-0.25, -0.2) is 0 Å². The molecule has 2 nitrogen and oxygen atoms in total. The van der Waals surface area contributed by atoms with Crippen molar-refractivity contribution < 1.29 is 0 Å². The van der Waals surface area contributed by atoms with Crippen molar-refractivity contribution >= 4 is 0 Å². The standard InChI is InChI=1S/C18H30N2/c1-14-13-16(11-12-20(14)5)19-17(18(2,3)4)15-9-7-6-8-10-15/h6-10,14,16-17,19H,11-13H2,1-5H3. The Morgan fingerprint density at radius 2 is 1.85 bits per heavy atom. The third kappa shape index (κ3) is 3.83. The van der Waals surface area contributed by atoms with Gasteiger partial charge in [-0.2, -0.15) is 0 Å². The SMILES string of the molecule is CC1CC(NC(c2ccccc2)C(C)(C)C)CCN1C. The summed E-state index contributed by atoms with van der Waals surface area (Å²) in [4.78, 5) is 2.47. The summed E-state index contributed by atoms with van der Waals surface area (Å²) < 4.78 is 0. The first kappa shape index (κ1) is 15.5. The minimum Gasteiger partial charge on any atom is -0.307 e. The molecule has 0 aromatic heterocycles. The summed E-state index contributed by atoms with van der Waals surface area (Å²) in [5.74, 6) is 0. The van der Waals surface area contributed by atoms with Crippen LogP contribution in [0.5, 0.6) is 0 Å². The third-order valence-electron chi connectivity index (χ3n) is 4.61. The highest BCUT2D eigenvalue weighted by Crippen LogP contribution is 2.34. The van der Waals surface area contributed by atoms with Crippen LogP contribution in [0.15, 0.2) is 30.3 Å². The summed E-state index contributed by atoms with van der Waals surface area (Å²) in [7, 11) is 2.24. The van der Waals surface area contributed by atoms with E-state index in [1.54, 1.807) is 0 Å². The van der Waals surface area contributed by atoms with Crippen LogP contribution in [0.1, 0.15) is 52.1 Å². The summed E-state index contributed by atoms with van der Waals surface area (Å²) in [6, 6.07) is 12.6. The molecule has 0 amide bonds. The van der Waals surface area contributed by atoms with Crippen molar-refractivity contribution in [1.82, 2.24) is 10.2 Å². The molecule has 1 N–H and O–H groups in total. The number of nitrogens with one attached hydrogen (secondary N) is 1.